The van der Waals surface area contributed by atoms with Crippen LogP contribution in [0.4, 0.5) is 0 Å². The van der Waals surface area contributed by atoms with Crippen LogP contribution >= 0.6 is 22.9 Å². The van der Waals surface area contributed by atoms with Crippen molar-refractivity contribution in [1.82, 2.24) is 10.3 Å². The molecule has 0 aromatic carbocycles. The molecule has 4 nitrogen and oxygen atoms in total. The van der Waals surface area contributed by atoms with Gasteiger partial charge in [0.05, 0.1) is 15.2 Å². The van der Waals surface area contributed by atoms with Crippen LogP contribution in [-0.2, 0) is 0 Å². The van der Waals surface area contributed by atoms with E-state index in [0.29, 0.717) is 16.9 Å². The molecular weight excluding hydrogens is 304 g/mol. The molecule has 0 radical (unpaired) electrons. The highest BCUT2D eigenvalue weighted by molar-refractivity contribution is 7.16. The molecule has 0 amide bonds. The second-order valence-electron chi connectivity index (χ2n) is 5.51. The Morgan fingerprint density at radius 2 is 2.14 bits per heavy atom. The van der Waals surface area contributed by atoms with Gasteiger partial charge in [-0.3, -0.25) is 0 Å². The molecule has 0 bridgehead atoms. The van der Waals surface area contributed by atoms with Crippen LogP contribution in [-0.4, -0.2) is 11.0 Å². The van der Waals surface area contributed by atoms with Crippen LogP contribution in [0.5, 0.6) is 0 Å². The molecular formula is C15H19ClN4S. The van der Waals surface area contributed by atoms with Gasteiger partial charge in [0.15, 0.2) is 0 Å². The van der Waals surface area contributed by atoms with Gasteiger partial charge in [-0.05, 0) is 38.7 Å². The summed E-state index contributed by atoms with van der Waals surface area (Å²) >= 11 is 7.89. The Hall–Kier alpha value is -1.46. The van der Waals surface area contributed by atoms with Gasteiger partial charge in [-0.15, -0.1) is 11.3 Å². The van der Waals surface area contributed by atoms with Crippen molar-refractivity contribution in [3.05, 3.63) is 26.0 Å². The molecule has 1 aliphatic carbocycles. The highest BCUT2D eigenvalue weighted by atomic mass is 35.5. The summed E-state index contributed by atoms with van der Waals surface area (Å²) in [5, 5.41) is 6.01. The normalized spacial score (nSPS) is 18.0. The van der Waals surface area contributed by atoms with Crippen LogP contribution in [0.1, 0.15) is 30.5 Å². The maximum Gasteiger partial charge on any atom is 0.125 e. The number of hydrogen-bond donors (Lipinski definition) is 3. The number of pyridine rings is 1. The number of aromatic nitrogens is 1. The Balaban J connectivity index is 2.29. The minimum absolute atomic E-state index is 0.486. The monoisotopic (exact) mass is 322 g/mol. The fourth-order valence-electron chi connectivity index (χ4n) is 2.65. The molecule has 3 rings (SSSR count). The van der Waals surface area contributed by atoms with Gasteiger partial charge in [-0.2, -0.15) is 0 Å². The van der Waals surface area contributed by atoms with Crippen LogP contribution in [0, 0.1) is 13.8 Å². The van der Waals surface area contributed by atoms with Crippen molar-refractivity contribution >= 4 is 45.2 Å². The predicted octanol–water partition coefficient (Wildman–Crippen LogP) is 1.43. The van der Waals surface area contributed by atoms with Crippen molar-refractivity contribution in [1.29, 1.82) is 0 Å². The Morgan fingerprint density at radius 3 is 2.71 bits per heavy atom. The second kappa shape index (κ2) is 5.39. The molecule has 2 aromatic heterocycles. The average molecular weight is 323 g/mol. The molecule has 2 heterocycles. The highest BCUT2D eigenvalue weighted by Crippen LogP contribution is 2.25. The van der Waals surface area contributed by atoms with E-state index in [-0.39, 0.29) is 0 Å². The number of hydrogen-bond acceptors (Lipinski definition) is 5. The fraction of sp³-hybridized carbons (Fsp3) is 0.400. The summed E-state index contributed by atoms with van der Waals surface area (Å²) in [7, 11) is 0. The first-order chi connectivity index (χ1) is 10.0. The molecule has 1 saturated carbocycles. The molecule has 0 atom stereocenters. The van der Waals surface area contributed by atoms with E-state index in [4.69, 9.17) is 23.1 Å². The van der Waals surface area contributed by atoms with Crippen LogP contribution in [0.3, 0.4) is 0 Å². The zero-order valence-corrected chi connectivity index (χ0v) is 13.7. The average Bonchev–Trinajstić information content (AvgIpc) is 2.78. The largest absolute Gasteiger partial charge is 0.404 e. The van der Waals surface area contributed by atoms with E-state index in [0.717, 1.165) is 31.2 Å². The fourth-order valence-corrected chi connectivity index (χ4v) is 3.98. The lowest BCUT2D eigenvalue weighted by Gasteiger charge is -2.27. The Bertz CT molecular complexity index is 821. The summed E-state index contributed by atoms with van der Waals surface area (Å²) in [6.07, 6.45) is 5.22. The van der Waals surface area contributed by atoms with E-state index < -0.39 is 0 Å². The van der Waals surface area contributed by atoms with Crippen molar-refractivity contribution in [3.63, 3.8) is 0 Å². The lowest BCUT2D eigenvalue weighted by molar-refractivity contribution is 0.376. The summed E-state index contributed by atoms with van der Waals surface area (Å²) in [5.41, 5.74) is 13.9. The first kappa shape index (κ1) is 14.5. The first-order valence-electron chi connectivity index (χ1n) is 7.06. The van der Waals surface area contributed by atoms with Crippen LogP contribution < -0.4 is 26.5 Å². The van der Waals surface area contributed by atoms with E-state index in [1.165, 1.54) is 19.3 Å². The number of thiophene rings is 1. The van der Waals surface area contributed by atoms with Gasteiger partial charge in [0, 0.05) is 22.8 Å². The molecule has 21 heavy (non-hydrogen) atoms. The number of rotatable bonds is 2. The minimum Gasteiger partial charge on any atom is -0.404 e. The third-order valence-electron chi connectivity index (χ3n) is 4.09. The van der Waals surface area contributed by atoms with Gasteiger partial charge in [0.25, 0.3) is 0 Å². The Kier molecular flexibility index (Phi) is 3.71. The number of nitrogens with zero attached hydrogens (tertiary/aromatic N) is 1. The molecule has 6 heteroatoms. The summed E-state index contributed by atoms with van der Waals surface area (Å²) in [6.45, 7) is 3.91. The molecule has 0 spiro atoms. The SMILES string of the molecule is Cc1nc2sc(=C(/N)NC3CCC3)/c(=C\N)c2c(C)c1Cl. The zero-order chi connectivity index (χ0) is 15.1. The van der Waals surface area contributed by atoms with Gasteiger partial charge in [0.2, 0.25) is 0 Å². The quantitative estimate of drug-likeness (QED) is 0.781. The summed E-state index contributed by atoms with van der Waals surface area (Å²) < 4.78 is 0.955. The van der Waals surface area contributed by atoms with E-state index in [9.17, 15) is 0 Å². The Morgan fingerprint density at radius 1 is 1.43 bits per heavy atom. The molecule has 0 saturated heterocycles. The van der Waals surface area contributed by atoms with Crippen LogP contribution in [0.2, 0.25) is 5.02 Å². The summed E-state index contributed by atoms with van der Waals surface area (Å²) in [6, 6.07) is 0.486. The van der Waals surface area contributed by atoms with Gasteiger partial charge < -0.3 is 16.8 Å². The third-order valence-corrected chi connectivity index (χ3v) is 5.78. The van der Waals surface area contributed by atoms with Crippen molar-refractivity contribution in [2.75, 3.05) is 0 Å². The highest BCUT2D eigenvalue weighted by Gasteiger charge is 2.18. The van der Waals surface area contributed by atoms with Gasteiger partial charge in [-0.1, -0.05) is 11.6 Å². The lowest BCUT2D eigenvalue weighted by atomic mass is 9.93. The molecule has 5 N–H and O–H groups in total. The molecule has 1 aliphatic rings. The van der Waals surface area contributed by atoms with E-state index in [2.05, 4.69) is 10.3 Å². The number of halogens is 1. The van der Waals surface area contributed by atoms with Gasteiger partial charge in [-0.25, -0.2) is 4.98 Å². The van der Waals surface area contributed by atoms with Gasteiger partial charge >= 0.3 is 0 Å². The standard InChI is InChI=1S/C15H19ClN4S/c1-7-11-10(6-17)13(14(18)20-9-4-3-5-9)21-15(11)19-8(2)12(7)16/h6,9,20H,3-5,17-18H2,1-2H3/b10-6-,14-13-. The lowest BCUT2D eigenvalue weighted by Crippen LogP contribution is -2.41. The molecule has 1 fully saturated rings. The molecule has 0 unspecified atom stereocenters. The van der Waals surface area contributed by atoms with E-state index in [1.807, 2.05) is 13.8 Å². The van der Waals surface area contributed by atoms with E-state index >= 15 is 0 Å². The second-order valence-corrected chi connectivity index (χ2v) is 6.89. The maximum atomic E-state index is 6.32. The number of aryl methyl sites for hydroxylation is 2. The number of nitrogens with one attached hydrogen (secondary N) is 1. The van der Waals surface area contributed by atoms with Crippen molar-refractivity contribution in [3.8, 4) is 0 Å². The van der Waals surface area contributed by atoms with Crippen molar-refractivity contribution in [2.24, 2.45) is 11.5 Å². The molecule has 112 valence electrons. The number of nitrogens with two attached hydrogens (primary N) is 2. The van der Waals surface area contributed by atoms with Crippen LogP contribution in [0.25, 0.3) is 22.2 Å². The van der Waals surface area contributed by atoms with Gasteiger partial charge in [0.1, 0.15) is 10.7 Å². The molecule has 2 aromatic rings. The number of fused-ring (bicyclic) bond motifs is 1. The van der Waals surface area contributed by atoms with E-state index in [1.54, 1.807) is 17.5 Å². The van der Waals surface area contributed by atoms with Crippen LogP contribution in [0.15, 0.2) is 0 Å². The molecule has 0 aliphatic heterocycles. The third kappa shape index (κ3) is 2.34. The van der Waals surface area contributed by atoms with Crippen molar-refractivity contribution < 1.29 is 0 Å². The van der Waals surface area contributed by atoms with Crippen molar-refractivity contribution in [2.45, 2.75) is 39.2 Å². The first-order valence-corrected chi connectivity index (χ1v) is 8.25. The zero-order valence-electron chi connectivity index (χ0n) is 12.2. The summed E-state index contributed by atoms with van der Waals surface area (Å²) in [5.74, 6) is 0.688. The topological polar surface area (TPSA) is 77.0 Å². The maximum absolute atomic E-state index is 6.32. The Labute approximate surface area is 132 Å². The summed E-state index contributed by atoms with van der Waals surface area (Å²) in [4.78, 5) is 5.51. The predicted molar refractivity (Wildman–Crippen MR) is 90.4 cm³/mol. The smallest absolute Gasteiger partial charge is 0.125 e. The minimum atomic E-state index is 0.486.